The molecule has 0 aliphatic rings. The molecule has 0 unspecified atom stereocenters. The summed E-state index contributed by atoms with van der Waals surface area (Å²) in [5, 5.41) is 0. The lowest BCUT2D eigenvalue weighted by Crippen LogP contribution is -1.70. The molecule has 1 aromatic rings. The highest BCUT2D eigenvalue weighted by atomic mass is 79.9. The molecular weight excluding hydrogens is 200 g/mol. The summed E-state index contributed by atoms with van der Waals surface area (Å²) >= 11 is 3.75. The van der Waals surface area contributed by atoms with Gasteiger partial charge in [-0.3, -0.25) is 0 Å². The van der Waals surface area contributed by atoms with Gasteiger partial charge < -0.3 is 0 Å². The fourth-order valence-corrected chi connectivity index (χ4v) is 1.38. The van der Waals surface area contributed by atoms with E-state index in [2.05, 4.69) is 15.9 Å². The van der Waals surface area contributed by atoms with E-state index >= 15 is 0 Å². The molecule has 1 aromatic carbocycles. The standard InChI is InChI=1S/C6H4BrOS/c7-5-2-1-3-6(4-5)9-8/h1-4H/q+1. The SMILES string of the molecule is O=[S+]c1cccc(Br)c1. The van der Waals surface area contributed by atoms with Gasteiger partial charge in [0.25, 0.3) is 4.90 Å². The molecule has 0 fully saturated rings. The average Bonchev–Trinajstić information content (AvgIpc) is 1.88. The summed E-state index contributed by atoms with van der Waals surface area (Å²) < 4.78 is 11.1. The van der Waals surface area contributed by atoms with E-state index < -0.39 is 0 Å². The maximum atomic E-state index is 10.2. The molecule has 0 saturated heterocycles. The van der Waals surface area contributed by atoms with Crippen LogP contribution in [0.5, 0.6) is 0 Å². The summed E-state index contributed by atoms with van der Waals surface area (Å²) in [6.45, 7) is 0. The second-order valence-corrected chi connectivity index (χ2v) is 3.09. The first-order valence-corrected chi connectivity index (χ1v) is 3.92. The van der Waals surface area contributed by atoms with Crippen molar-refractivity contribution in [2.45, 2.75) is 4.90 Å². The molecule has 0 saturated carbocycles. The van der Waals surface area contributed by atoms with Gasteiger partial charge in [0, 0.05) is 20.8 Å². The van der Waals surface area contributed by atoms with E-state index in [1.807, 2.05) is 12.1 Å². The number of hydrogen-bond donors (Lipinski definition) is 0. The summed E-state index contributed by atoms with van der Waals surface area (Å²) in [5.41, 5.74) is 0. The molecule has 0 heterocycles. The molecule has 46 valence electrons. The zero-order valence-corrected chi connectivity index (χ0v) is 6.91. The van der Waals surface area contributed by atoms with Crippen LogP contribution in [0.15, 0.2) is 33.6 Å². The Balaban J connectivity index is 3.07. The van der Waals surface area contributed by atoms with Gasteiger partial charge in [-0.25, -0.2) is 0 Å². The Morgan fingerprint density at radius 1 is 1.44 bits per heavy atom. The van der Waals surface area contributed by atoms with Crippen molar-refractivity contribution < 1.29 is 4.21 Å². The van der Waals surface area contributed by atoms with E-state index in [0.717, 1.165) is 9.37 Å². The monoisotopic (exact) mass is 203 g/mol. The van der Waals surface area contributed by atoms with E-state index in [9.17, 15) is 4.21 Å². The summed E-state index contributed by atoms with van der Waals surface area (Å²) in [7, 11) is 0. The third-order valence-electron chi connectivity index (χ3n) is 0.892. The highest BCUT2D eigenvalue weighted by Gasteiger charge is 2.03. The van der Waals surface area contributed by atoms with Gasteiger partial charge in [-0.2, -0.15) is 0 Å². The minimum absolute atomic E-state index is 0.503. The Hall–Kier alpha value is -0.280. The first-order chi connectivity index (χ1) is 4.33. The average molecular weight is 204 g/mol. The van der Waals surface area contributed by atoms with Gasteiger partial charge in [0.15, 0.2) is 0 Å². The van der Waals surface area contributed by atoms with Gasteiger partial charge in [0.1, 0.15) is 0 Å². The lowest BCUT2D eigenvalue weighted by Gasteiger charge is -1.80. The second-order valence-electron chi connectivity index (χ2n) is 1.54. The van der Waals surface area contributed by atoms with Crippen molar-refractivity contribution in [3.05, 3.63) is 28.7 Å². The summed E-state index contributed by atoms with van der Waals surface area (Å²) in [5.74, 6) is 0. The molecule has 9 heavy (non-hydrogen) atoms. The van der Waals surface area contributed by atoms with E-state index in [4.69, 9.17) is 0 Å². The molecule has 3 heteroatoms. The third kappa shape index (κ3) is 1.84. The molecule has 0 aliphatic heterocycles. The van der Waals surface area contributed by atoms with Crippen molar-refractivity contribution in [2.75, 3.05) is 0 Å². The molecule has 0 radical (unpaired) electrons. The fourth-order valence-electron chi connectivity index (χ4n) is 0.519. The fraction of sp³-hybridized carbons (Fsp3) is 0. The van der Waals surface area contributed by atoms with Crippen molar-refractivity contribution in [2.24, 2.45) is 0 Å². The van der Waals surface area contributed by atoms with Crippen LogP contribution in [0.3, 0.4) is 0 Å². The second kappa shape index (κ2) is 3.03. The quantitative estimate of drug-likeness (QED) is 0.641. The lowest BCUT2D eigenvalue weighted by atomic mass is 10.4. The number of hydrogen-bond acceptors (Lipinski definition) is 1. The molecule has 0 aliphatic carbocycles. The molecule has 0 spiro atoms. The first kappa shape index (κ1) is 6.83. The topological polar surface area (TPSA) is 17.1 Å². The van der Waals surface area contributed by atoms with Crippen molar-refractivity contribution in [1.82, 2.24) is 0 Å². The first-order valence-electron chi connectivity index (χ1n) is 2.38. The smallest absolute Gasteiger partial charge is 0.0554 e. The Kier molecular flexibility index (Phi) is 2.30. The summed E-state index contributed by atoms with van der Waals surface area (Å²) in [4.78, 5) is 0.740. The molecule has 0 amide bonds. The molecule has 0 N–H and O–H groups in total. The normalized spacial score (nSPS) is 9.00. The van der Waals surface area contributed by atoms with E-state index in [0.29, 0.717) is 11.7 Å². The third-order valence-corrected chi connectivity index (χ3v) is 1.83. The minimum Gasteiger partial charge on any atom is -0.0554 e. The van der Waals surface area contributed by atoms with Gasteiger partial charge in [-0.15, -0.1) is 0 Å². The van der Waals surface area contributed by atoms with Crippen LogP contribution >= 0.6 is 15.9 Å². The van der Waals surface area contributed by atoms with Crippen LogP contribution in [0.2, 0.25) is 0 Å². The van der Waals surface area contributed by atoms with E-state index in [-0.39, 0.29) is 0 Å². The number of halogens is 1. The predicted molar refractivity (Wildman–Crippen MR) is 40.5 cm³/mol. The van der Waals surface area contributed by atoms with Crippen molar-refractivity contribution in [1.29, 1.82) is 0 Å². The maximum Gasteiger partial charge on any atom is 0.505 e. The van der Waals surface area contributed by atoms with E-state index in [1.54, 1.807) is 12.1 Å². The summed E-state index contributed by atoms with van der Waals surface area (Å²) in [6.07, 6.45) is 0. The van der Waals surface area contributed by atoms with Gasteiger partial charge in [-0.05, 0) is 6.07 Å². The van der Waals surface area contributed by atoms with Crippen molar-refractivity contribution in [3.8, 4) is 0 Å². The summed E-state index contributed by atoms with van der Waals surface area (Å²) in [6, 6.07) is 7.30. The van der Waals surface area contributed by atoms with Crippen LogP contribution in [0.4, 0.5) is 0 Å². The lowest BCUT2D eigenvalue weighted by molar-refractivity contribution is 0.605. The maximum absolute atomic E-state index is 10.2. The van der Waals surface area contributed by atoms with Gasteiger partial charge in [0.2, 0.25) is 0 Å². The predicted octanol–water partition coefficient (Wildman–Crippen LogP) is 2.24. The van der Waals surface area contributed by atoms with Crippen LogP contribution < -0.4 is 0 Å². The largest absolute Gasteiger partial charge is 0.505 e. The molecule has 0 atom stereocenters. The van der Waals surface area contributed by atoms with Crippen LogP contribution in [-0.4, -0.2) is 0 Å². The number of rotatable bonds is 1. The highest BCUT2D eigenvalue weighted by molar-refractivity contribution is 9.10. The van der Waals surface area contributed by atoms with Crippen LogP contribution in [-0.2, 0) is 15.9 Å². The van der Waals surface area contributed by atoms with Crippen LogP contribution in [0.25, 0.3) is 0 Å². The van der Waals surface area contributed by atoms with Crippen LogP contribution in [0, 0.1) is 0 Å². The van der Waals surface area contributed by atoms with Crippen molar-refractivity contribution in [3.63, 3.8) is 0 Å². The molecular formula is C6H4BrOS+. The van der Waals surface area contributed by atoms with E-state index in [1.165, 1.54) is 0 Å². The minimum atomic E-state index is 0.503. The molecule has 0 bridgehead atoms. The zero-order chi connectivity index (χ0) is 6.69. The number of benzene rings is 1. The Morgan fingerprint density at radius 2 is 2.22 bits per heavy atom. The Morgan fingerprint density at radius 3 is 2.67 bits per heavy atom. The molecule has 0 aromatic heterocycles. The highest BCUT2D eigenvalue weighted by Crippen LogP contribution is 2.10. The Bertz CT molecular complexity index is 224. The molecule has 1 rings (SSSR count). The van der Waals surface area contributed by atoms with Gasteiger partial charge in [-0.1, -0.05) is 22.0 Å². The molecule has 1 nitrogen and oxygen atoms in total. The van der Waals surface area contributed by atoms with Gasteiger partial charge >= 0.3 is 11.7 Å². The van der Waals surface area contributed by atoms with Gasteiger partial charge in [0.05, 0.1) is 0 Å². The van der Waals surface area contributed by atoms with Crippen molar-refractivity contribution >= 4 is 27.6 Å². The zero-order valence-electron chi connectivity index (χ0n) is 4.50. The van der Waals surface area contributed by atoms with Crippen LogP contribution in [0.1, 0.15) is 0 Å². The Labute approximate surface area is 65.7 Å².